The molecule has 0 aliphatic carbocycles. The summed E-state index contributed by atoms with van der Waals surface area (Å²) in [5.74, 6) is 0. The Kier molecular flexibility index (Phi) is 23.6. The summed E-state index contributed by atoms with van der Waals surface area (Å²) in [7, 11) is 0. The minimum absolute atomic E-state index is 0. The number of hydrogen-bond acceptors (Lipinski definition) is 5. The van der Waals surface area contributed by atoms with Crippen LogP contribution < -0.4 is 29.6 Å². The molecule has 5 nitrogen and oxygen atoms in total. The van der Waals surface area contributed by atoms with Crippen LogP contribution >= 0.6 is 0 Å². The van der Waals surface area contributed by atoms with E-state index in [0.717, 1.165) is 0 Å². The number of rotatable bonds is 6. The smallest absolute Gasteiger partial charge is 1.00 e. The van der Waals surface area contributed by atoms with Gasteiger partial charge in [-0.25, -0.2) is 0 Å². The zero-order valence-electron chi connectivity index (χ0n) is 10.5. The van der Waals surface area contributed by atoms with E-state index in [2.05, 4.69) is 6.58 Å². The fourth-order valence-electron chi connectivity index (χ4n) is 0.446. The molecule has 0 bridgehead atoms. The van der Waals surface area contributed by atoms with Gasteiger partial charge in [-0.05, 0) is 6.92 Å². The van der Waals surface area contributed by atoms with E-state index in [1.165, 1.54) is 0 Å². The van der Waals surface area contributed by atoms with E-state index in [-0.39, 0.29) is 57.4 Å². The van der Waals surface area contributed by atoms with E-state index in [1.807, 2.05) is 6.92 Å². The van der Waals surface area contributed by atoms with Crippen LogP contribution in [0.25, 0.3) is 0 Å². The summed E-state index contributed by atoms with van der Waals surface area (Å²) in [6, 6.07) is 0. The van der Waals surface area contributed by atoms with Crippen molar-refractivity contribution < 1.29 is 56.1 Å². The van der Waals surface area contributed by atoms with E-state index >= 15 is 0 Å². The minimum atomic E-state index is -0.916. The van der Waals surface area contributed by atoms with Gasteiger partial charge in [-0.15, -0.1) is 6.58 Å². The van der Waals surface area contributed by atoms with E-state index in [0.29, 0.717) is 0 Å². The number of allylic oxidation sites excluding steroid dienone is 1. The Morgan fingerprint density at radius 2 is 1.47 bits per heavy atom. The summed E-state index contributed by atoms with van der Waals surface area (Å²) in [5.41, 5.74) is 0. The molecule has 0 aromatic heterocycles. The molecule has 0 amide bonds. The molecule has 4 N–H and O–H groups in total. The van der Waals surface area contributed by atoms with Crippen LogP contribution in [0.5, 0.6) is 0 Å². The third-order valence-electron chi connectivity index (χ3n) is 1.04. The first-order chi connectivity index (χ1) is 6.62. The normalized spacial score (nSPS) is 12.9. The Morgan fingerprint density at radius 3 is 1.67 bits per heavy atom. The molecule has 2 unspecified atom stereocenters. The molecule has 0 aromatic rings. The topological polar surface area (TPSA) is 90.2 Å². The summed E-state index contributed by atoms with van der Waals surface area (Å²) in [5, 5.41) is 34.1. The maximum atomic E-state index is 8.72. The van der Waals surface area contributed by atoms with Gasteiger partial charge in [0.15, 0.2) is 0 Å². The molecule has 0 heterocycles. The van der Waals surface area contributed by atoms with E-state index in [9.17, 15) is 0 Å². The molecule has 0 radical (unpaired) electrons. The molecule has 0 aliphatic rings. The first-order valence-corrected chi connectivity index (χ1v) is 4.34. The maximum absolute atomic E-state index is 8.72. The number of ether oxygens (including phenoxy) is 1. The Morgan fingerprint density at radius 1 is 1.20 bits per heavy atom. The Balaban J connectivity index is -0.000000129. The molecular weight excluding hydrogens is 211 g/mol. The Hall–Kier alpha value is 0.540. The van der Waals surface area contributed by atoms with Crippen molar-refractivity contribution in [1.29, 1.82) is 0 Å². The molecule has 0 aliphatic heterocycles. The van der Waals surface area contributed by atoms with Gasteiger partial charge >= 0.3 is 29.6 Å². The standard InChI is InChI=1S/C6H14O5.C3H6.Na.H/c7-1-5(9)3-11-4-6(10)2-8;1-3-2;;/h5-10H,1-4H2;3H,1H2,2H3;;/q;;+1;-1. The van der Waals surface area contributed by atoms with E-state index in [4.69, 9.17) is 25.2 Å². The second-order valence-electron chi connectivity index (χ2n) is 2.62. The van der Waals surface area contributed by atoms with Crippen LogP contribution in [0.1, 0.15) is 8.35 Å². The van der Waals surface area contributed by atoms with Crippen molar-refractivity contribution in [1.82, 2.24) is 0 Å². The second kappa shape index (κ2) is 17.0. The molecule has 0 rings (SSSR count). The predicted octanol–water partition coefficient (Wildman–Crippen LogP) is -3.98. The monoisotopic (exact) mass is 232 g/mol. The summed E-state index contributed by atoms with van der Waals surface area (Å²) >= 11 is 0. The molecule has 2 atom stereocenters. The quantitative estimate of drug-likeness (QED) is 0.277. The van der Waals surface area contributed by atoms with Crippen LogP contribution in [0, 0.1) is 0 Å². The average Bonchev–Trinajstić information content (AvgIpc) is 2.18. The molecular formula is C9H21NaO5. The summed E-state index contributed by atoms with van der Waals surface area (Å²) in [4.78, 5) is 0. The second-order valence-corrected chi connectivity index (χ2v) is 2.62. The molecule has 6 heteroatoms. The van der Waals surface area contributed by atoms with Crippen LogP contribution in [0.15, 0.2) is 12.7 Å². The molecule has 0 saturated heterocycles. The van der Waals surface area contributed by atoms with Crippen LogP contribution in [-0.2, 0) is 4.74 Å². The Labute approximate surface area is 114 Å². The number of aliphatic hydroxyl groups excluding tert-OH is 4. The van der Waals surface area contributed by atoms with Crippen molar-refractivity contribution in [3.8, 4) is 0 Å². The zero-order chi connectivity index (χ0) is 11.4. The van der Waals surface area contributed by atoms with Gasteiger partial charge in [-0.3, -0.25) is 0 Å². The van der Waals surface area contributed by atoms with Gasteiger partial charge in [0.1, 0.15) is 12.2 Å². The van der Waals surface area contributed by atoms with Gasteiger partial charge < -0.3 is 26.6 Å². The van der Waals surface area contributed by atoms with Gasteiger partial charge in [0, 0.05) is 0 Å². The van der Waals surface area contributed by atoms with Crippen molar-refractivity contribution in [3.63, 3.8) is 0 Å². The molecule has 0 saturated carbocycles. The fraction of sp³-hybridized carbons (Fsp3) is 0.778. The molecule has 88 valence electrons. The summed E-state index contributed by atoms with van der Waals surface area (Å²) in [6.45, 7) is 4.45. The number of hydrogen-bond donors (Lipinski definition) is 4. The first-order valence-electron chi connectivity index (χ1n) is 4.34. The van der Waals surface area contributed by atoms with E-state index < -0.39 is 12.2 Å². The van der Waals surface area contributed by atoms with Gasteiger partial charge in [0.2, 0.25) is 0 Å². The van der Waals surface area contributed by atoms with Gasteiger partial charge in [-0.1, -0.05) is 6.08 Å². The minimum Gasteiger partial charge on any atom is -1.00 e. The van der Waals surface area contributed by atoms with Gasteiger partial charge in [0.05, 0.1) is 26.4 Å². The van der Waals surface area contributed by atoms with Crippen LogP contribution in [0.2, 0.25) is 0 Å². The van der Waals surface area contributed by atoms with Crippen molar-refractivity contribution in [2.24, 2.45) is 0 Å². The molecule has 15 heavy (non-hydrogen) atoms. The predicted molar refractivity (Wildman–Crippen MR) is 54.0 cm³/mol. The van der Waals surface area contributed by atoms with Crippen molar-refractivity contribution in [2.75, 3.05) is 26.4 Å². The van der Waals surface area contributed by atoms with Gasteiger partial charge in [0.25, 0.3) is 0 Å². The Bertz CT molecular complexity index is 118. The number of aliphatic hydroxyl groups is 4. The third kappa shape index (κ3) is 20.6. The third-order valence-corrected chi connectivity index (χ3v) is 1.04. The van der Waals surface area contributed by atoms with Crippen LogP contribution in [-0.4, -0.2) is 59.1 Å². The molecule has 0 spiro atoms. The zero-order valence-corrected chi connectivity index (χ0v) is 11.5. The van der Waals surface area contributed by atoms with Crippen molar-refractivity contribution >= 4 is 0 Å². The van der Waals surface area contributed by atoms with E-state index in [1.54, 1.807) is 6.08 Å². The largest absolute Gasteiger partial charge is 1.00 e. The van der Waals surface area contributed by atoms with Crippen LogP contribution in [0.4, 0.5) is 0 Å². The summed E-state index contributed by atoms with van der Waals surface area (Å²) in [6.07, 6.45) is -0.0817. The average molecular weight is 232 g/mol. The van der Waals surface area contributed by atoms with Crippen molar-refractivity contribution in [2.45, 2.75) is 19.1 Å². The van der Waals surface area contributed by atoms with Crippen LogP contribution in [0.3, 0.4) is 0 Å². The first kappa shape index (κ1) is 20.9. The molecule has 0 fully saturated rings. The molecule has 0 aromatic carbocycles. The SMILES string of the molecule is C=CC.OCC(O)COCC(O)CO.[H-].[Na+]. The fourth-order valence-corrected chi connectivity index (χ4v) is 0.446. The summed E-state index contributed by atoms with van der Waals surface area (Å²) < 4.78 is 4.72. The van der Waals surface area contributed by atoms with Crippen molar-refractivity contribution in [3.05, 3.63) is 12.7 Å². The maximum Gasteiger partial charge on any atom is 1.00 e. The van der Waals surface area contributed by atoms with Gasteiger partial charge in [-0.2, -0.15) is 0 Å².